The van der Waals surface area contributed by atoms with Crippen LogP contribution in [0, 0.1) is 0 Å². The van der Waals surface area contributed by atoms with Gasteiger partial charge in [-0.3, -0.25) is 9.79 Å². The molecule has 4 N–H and O–H groups in total. The number of hydrogen-bond donors (Lipinski definition) is 4. The maximum absolute atomic E-state index is 11.6. The zero-order valence-corrected chi connectivity index (χ0v) is 16.7. The Labute approximate surface area is 168 Å². The first-order chi connectivity index (χ1) is 13.6. The molecule has 0 radical (unpaired) electrons. The number of aliphatic imine (C=N–C) groups is 1. The van der Waals surface area contributed by atoms with E-state index in [1.807, 2.05) is 36.4 Å². The Balaban J connectivity index is 1.52. The van der Waals surface area contributed by atoms with Crippen molar-refractivity contribution in [3.05, 3.63) is 70.6 Å². The predicted octanol–water partition coefficient (Wildman–Crippen LogP) is 2.66. The first kappa shape index (κ1) is 19.9. The molecule has 0 spiro atoms. The lowest BCUT2D eigenvalue weighted by Crippen LogP contribution is -2.38. The van der Waals surface area contributed by atoms with E-state index in [1.54, 1.807) is 37.6 Å². The monoisotopic (exact) mass is 396 g/mol. The Kier molecular flexibility index (Phi) is 6.62. The number of guanidine groups is 1. The molecule has 0 aliphatic carbocycles. The number of aliphatic hydroxyl groups is 1. The summed E-state index contributed by atoms with van der Waals surface area (Å²) in [4.78, 5) is 16.7. The quantitative estimate of drug-likeness (QED) is 0.381. The Morgan fingerprint density at radius 3 is 2.57 bits per heavy atom. The van der Waals surface area contributed by atoms with Gasteiger partial charge in [-0.2, -0.15) is 0 Å². The number of hydrogen-bond acceptors (Lipinski definition) is 4. The molecule has 146 valence electrons. The van der Waals surface area contributed by atoms with Gasteiger partial charge in [0.25, 0.3) is 5.91 Å². The van der Waals surface area contributed by atoms with Gasteiger partial charge in [0.15, 0.2) is 5.96 Å². The SMILES string of the molecule is CN=C(NCc1ccc(C(=O)NC)cc1)NCC(O)c1cc2ccccc2s1. The molecule has 7 heteroatoms. The van der Waals surface area contributed by atoms with Crippen LogP contribution in [-0.2, 0) is 6.54 Å². The lowest BCUT2D eigenvalue weighted by atomic mass is 10.1. The van der Waals surface area contributed by atoms with Gasteiger partial charge in [0, 0.05) is 42.3 Å². The van der Waals surface area contributed by atoms with Crippen LogP contribution in [-0.4, -0.2) is 37.6 Å². The zero-order chi connectivity index (χ0) is 19.9. The number of thiophene rings is 1. The molecule has 1 unspecified atom stereocenters. The van der Waals surface area contributed by atoms with Crippen LogP contribution in [0.5, 0.6) is 0 Å². The molecule has 0 bridgehead atoms. The summed E-state index contributed by atoms with van der Waals surface area (Å²) in [5.41, 5.74) is 1.65. The summed E-state index contributed by atoms with van der Waals surface area (Å²) in [6.45, 7) is 0.925. The van der Waals surface area contributed by atoms with E-state index in [0.29, 0.717) is 24.6 Å². The summed E-state index contributed by atoms with van der Waals surface area (Å²) in [7, 11) is 3.30. The van der Waals surface area contributed by atoms with Crippen LogP contribution < -0.4 is 16.0 Å². The van der Waals surface area contributed by atoms with Gasteiger partial charge in [-0.25, -0.2) is 0 Å². The molecule has 6 nitrogen and oxygen atoms in total. The minimum absolute atomic E-state index is 0.104. The van der Waals surface area contributed by atoms with Gasteiger partial charge in [-0.05, 0) is 35.2 Å². The standard InChI is InChI=1S/C21H24N4O2S/c1-22-20(27)15-9-7-14(8-10-15)12-24-21(23-2)25-13-17(26)19-11-16-5-3-4-6-18(16)28-19/h3-11,17,26H,12-13H2,1-2H3,(H,22,27)(H2,23,24,25). The molecule has 1 heterocycles. The first-order valence-corrected chi connectivity index (χ1v) is 9.84. The zero-order valence-electron chi connectivity index (χ0n) is 15.9. The number of benzene rings is 2. The van der Waals surface area contributed by atoms with Gasteiger partial charge in [-0.1, -0.05) is 30.3 Å². The molecule has 0 aliphatic heterocycles. The fraction of sp³-hybridized carbons (Fsp3) is 0.238. The highest BCUT2D eigenvalue weighted by atomic mass is 32.1. The Morgan fingerprint density at radius 1 is 1.14 bits per heavy atom. The number of aliphatic hydroxyl groups excluding tert-OH is 1. The van der Waals surface area contributed by atoms with Gasteiger partial charge in [0.05, 0.1) is 0 Å². The summed E-state index contributed by atoms with van der Waals surface area (Å²) in [6.07, 6.45) is -0.609. The van der Waals surface area contributed by atoms with Gasteiger partial charge >= 0.3 is 0 Å². The van der Waals surface area contributed by atoms with E-state index >= 15 is 0 Å². The lowest BCUT2D eigenvalue weighted by Gasteiger charge is -2.14. The molecule has 1 atom stereocenters. The Morgan fingerprint density at radius 2 is 1.89 bits per heavy atom. The van der Waals surface area contributed by atoms with Crippen molar-refractivity contribution in [3.8, 4) is 0 Å². The summed E-state index contributed by atoms with van der Waals surface area (Å²) in [5, 5.41) is 20.6. The fourth-order valence-corrected chi connectivity index (χ4v) is 3.84. The minimum Gasteiger partial charge on any atom is -0.386 e. The second-order valence-electron chi connectivity index (χ2n) is 6.29. The van der Waals surface area contributed by atoms with E-state index in [4.69, 9.17) is 0 Å². The third kappa shape index (κ3) is 4.88. The maximum atomic E-state index is 11.6. The molecule has 3 rings (SSSR count). The van der Waals surface area contributed by atoms with Crippen LogP contribution in [0.4, 0.5) is 0 Å². The summed E-state index contributed by atoms with van der Waals surface area (Å²) in [5.74, 6) is 0.503. The van der Waals surface area contributed by atoms with Crippen molar-refractivity contribution in [1.29, 1.82) is 0 Å². The van der Waals surface area contributed by atoms with E-state index in [1.165, 1.54) is 4.70 Å². The Hall–Kier alpha value is -2.90. The molecule has 2 aromatic carbocycles. The van der Waals surface area contributed by atoms with Crippen LogP contribution in [0.1, 0.15) is 26.9 Å². The number of fused-ring (bicyclic) bond motifs is 1. The van der Waals surface area contributed by atoms with Crippen molar-refractivity contribution < 1.29 is 9.90 Å². The lowest BCUT2D eigenvalue weighted by molar-refractivity contribution is 0.0963. The number of carbonyl (C=O) groups is 1. The van der Waals surface area contributed by atoms with E-state index in [-0.39, 0.29) is 5.91 Å². The molecular weight excluding hydrogens is 372 g/mol. The number of nitrogens with one attached hydrogen (secondary N) is 3. The van der Waals surface area contributed by atoms with Crippen LogP contribution >= 0.6 is 11.3 Å². The maximum Gasteiger partial charge on any atom is 0.251 e. The third-order valence-electron chi connectivity index (χ3n) is 4.36. The highest BCUT2D eigenvalue weighted by Gasteiger charge is 2.12. The molecule has 1 aromatic heterocycles. The normalized spacial score (nSPS) is 12.6. The summed E-state index contributed by atoms with van der Waals surface area (Å²) < 4.78 is 1.17. The fourth-order valence-electron chi connectivity index (χ4n) is 2.79. The third-order valence-corrected chi connectivity index (χ3v) is 5.58. The van der Waals surface area contributed by atoms with Crippen molar-refractivity contribution in [2.45, 2.75) is 12.6 Å². The Bertz CT molecular complexity index is 933. The largest absolute Gasteiger partial charge is 0.386 e. The summed E-state index contributed by atoms with van der Waals surface area (Å²) in [6, 6.07) is 17.5. The second kappa shape index (κ2) is 9.34. The van der Waals surface area contributed by atoms with Crippen molar-refractivity contribution in [1.82, 2.24) is 16.0 Å². The van der Waals surface area contributed by atoms with E-state index in [9.17, 15) is 9.90 Å². The molecule has 1 amide bonds. The number of carbonyl (C=O) groups excluding carboxylic acids is 1. The van der Waals surface area contributed by atoms with E-state index in [0.717, 1.165) is 15.8 Å². The average Bonchev–Trinajstić information content (AvgIpc) is 3.18. The molecular formula is C21H24N4O2S. The summed E-state index contributed by atoms with van der Waals surface area (Å²) >= 11 is 1.60. The molecule has 3 aromatic rings. The highest BCUT2D eigenvalue weighted by molar-refractivity contribution is 7.19. The van der Waals surface area contributed by atoms with E-state index < -0.39 is 6.10 Å². The first-order valence-electron chi connectivity index (χ1n) is 9.03. The van der Waals surface area contributed by atoms with Crippen LogP contribution in [0.15, 0.2) is 59.6 Å². The minimum atomic E-state index is -0.609. The number of rotatable bonds is 6. The van der Waals surface area contributed by atoms with Gasteiger partial charge in [0.1, 0.15) is 6.10 Å². The topological polar surface area (TPSA) is 85.8 Å². The van der Waals surface area contributed by atoms with Crippen molar-refractivity contribution in [2.75, 3.05) is 20.6 Å². The molecule has 0 saturated heterocycles. The van der Waals surface area contributed by atoms with Crippen molar-refractivity contribution >= 4 is 33.3 Å². The van der Waals surface area contributed by atoms with Crippen molar-refractivity contribution in [3.63, 3.8) is 0 Å². The van der Waals surface area contributed by atoms with Crippen LogP contribution in [0.25, 0.3) is 10.1 Å². The molecule has 0 saturated carbocycles. The van der Waals surface area contributed by atoms with Crippen molar-refractivity contribution in [2.24, 2.45) is 4.99 Å². The number of nitrogens with zero attached hydrogens (tertiary/aromatic N) is 1. The smallest absolute Gasteiger partial charge is 0.251 e. The average molecular weight is 397 g/mol. The predicted molar refractivity (Wildman–Crippen MR) is 115 cm³/mol. The van der Waals surface area contributed by atoms with Gasteiger partial charge in [-0.15, -0.1) is 11.3 Å². The second-order valence-corrected chi connectivity index (χ2v) is 7.40. The molecule has 0 aliphatic rings. The van der Waals surface area contributed by atoms with Gasteiger partial charge in [0.2, 0.25) is 0 Å². The highest BCUT2D eigenvalue weighted by Crippen LogP contribution is 2.29. The molecule has 0 fully saturated rings. The van der Waals surface area contributed by atoms with E-state index in [2.05, 4.69) is 27.0 Å². The van der Waals surface area contributed by atoms with Gasteiger partial charge < -0.3 is 21.1 Å². The number of amides is 1. The molecule has 28 heavy (non-hydrogen) atoms. The van der Waals surface area contributed by atoms with Crippen LogP contribution in [0.3, 0.4) is 0 Å². The van der Waals surface area contributed by atoms with Crippen LogP contribution in [0.2, 0.25) is 0 Å².